The van der Waals surface area contributed by atoms with Gasteiger partial charge in [0.05, 0.1) is 21.3 Å². The van der Waals surface area contributed by atoms with Crippen LogP contribution in [0.25, 0.3) is 0 Å². The van der Waals surface area contributed by atoms with Crippen molar-refractivity contribution in [2.24, 2.45) is 0 Å². The first-order valence-electron chi connectivity index (χ1n) is 11.5. The number of hydrogen-bond donors (Lipinski definition) is 0. The molecule has 0 aliphatic heterocycles. The monoisotopic (exact) mass is 469 g/mol. The molecule has 0 fully saturated rings. The van der Waals surface area contributed by atoms with Gasteiger partial charge in [-0.25, -0.2) is 0 Å². The molecule has 0 heterocycles. The minimum absolute atomic E-state index is 0.465. The molecular weight excluding hydrogens is 438 g/mol. The van der Waals surface area contributed by atoms with Crippen molar-refractivity contribution in [1.29, 1.82) is 0 Å². The summed E-state index contributed by atoms with van der Waals surface area (Å²) >= 11 is 0. The highest BCUT2D eigenvalue weighted by Gasteiger charge is 2.12. The molecule has 4 rings (SSSR count). The minimum atomic E-state index is 0.465. The van der Waals surface area contributed by atoms with Crippen LogP contribution in [0.5, 0.6) is 23.0 Å². The summed E-state index contributed by atoms with van der Waals surface area (Å²) in [6.07, 6.45) is 0. The minimum Gasteiger partial charge on any atom is -0.497 e. The first-order valence-corrected chi connectivity index (χ1v) is 11.5. The first-order chi connectivity index (χ1) is 17.2. The number of ether oxygens (including phenoxy) is 4. The fourth-order valence-electron chi connectivity index (χ4n) is 3.92. The Labute approximate surface area is 207 Å². The van der Waals surface area contributed by atoms with Gasteiger partial charge in [0.1, 0.15) is 29.6 Å². The van der Waals surface area contributed by atoms with Crippen LogP contribution in [0.15, 0.2) is 97.1 Å². The Morgan fingerprint density at radius 1 is 0.514 bits per heavy atom. The van der Waals surface area contributed by atoms with E-state index in [2.05, 4.69) is 41.3 Å². The van der Waals surface area contributed by atoms with E-state index >= 15 is 0 Å². The lowest BCUT2D eigenvalue weighted by Crippen LogP contribution is -2.22. The van der Waals surface area contributed by atoms with Crippen LogP contribution in [-0.2, 0) is 19.7 Å². The fourth-order valence-corrected chi connectivity index (χ4v) is 3.92. The van der Waals surface area contributed by atoms with Gasteiger partial charge in [-0.1, -0.05) is 42.5 Å². The number of anilines is 1. The zero-order valence-corrected chi connectivity index (χ0v) is 20.4. The van der Waals surface area contributed by atoms with Crippen LogP contribution >= 0.6 is 0 Å². The second kappa shape index (κ2) is 11.8. The van der Waals surface area contributed by atoms with E-state index in [0.717, 1.165) is 45.4 Å². The summed E-state index contributed by atoms with van der Waals surface area (Å²) in [6.45, 7) is 1.90. The zero-order chi connectivity index (χ0) is 24.5. The Balaban J connectivity index is 1.57. The maximum Gasteiger partial charge on any atom is 0.121 e. The molecule has 0 atom stereocenters. The Morgan fingerprint density at radius 2 is 0.971 bits per heavy atom. The smallest absolute Gasteiger partial charge is 0.121 e. The molecule has 0 aromatic heterocycles. The summed E-state index contributed by atoms with van der Waals surface area (Å²) in [7, 11) is 5.05. The van der Waals surface area contributed by atoms with E-state index in [1.54, 1.807) is 21.3 Å². The van der Waals surface area contributed by atoms with Gasteiger partial charge >= 0.3 is 0 Å². The molecule has 0 radical (unpaired) electrons. The van der Waals surface area contributed by atoms with Gasteiger partial charge in [-0.2, -0.15) is 0 Å². The fraction of sp³-hybridized carbons (Fsp3) is 0.200. The van der Waals surface area contributed by atoms with E-state index in [0.29, 0.717) is 19.7 Å². The van der Waals surface area contributed by atoms with Crippen molar-refractivity contribution >= 4 is 5.69 Å². The number of hydrogen-bond acceptors (Lipinski definition) is 5. The standard InChI is InChI=1S/C30H31NO4/c1-32-27-12-4-8-23(16-27)20-31(21-24-9-5-13-28(17-24)33-2)26-11-7-15-30(19-26)35-22-25-10-6-14-29(18-25)34-3/h4-19H,20-22H2,1-3H3. The quantitative estimate of drug-likeness (QED) is 0.251. The maximum absolute atomic E-state index is 6.13. The topological polar surface area (TPSA) is 40.2 Å². The third kappa shape index (κ3) is 6.70. The van der Waals surface area contributed by atoms with Crippen molar-refractivity contribution in [3.05, 3.63) is 114 Å². The highest BCUT2D eigenvalue weighted by Crippen LogP contribution is 2.27. The van der Waals surface area contributed by atoms with Crippen molar-refractivity contribution < 1.29 is 18.9 Å². The number of methoxy groups -OCH3 is 3. The molecule has 0 amide bonds. The second-order valence-electron chi connectivity index (χ2n) is 8.20. The molecule has 0 aliphatic carbocycles. The molecule has 5 heteroatoms. The Hall–Kier alpha value is -4.12. The van der Waals surface area contributed by atoms with Crippen LogP contribution in [0.3, 0.4) is 0 Å². The van der Waals surface area contributed by atoms with Crippen molar-refractivity contribution in [2.45, 2.75) is 19.7 Å². The molecule has 0 spiro atoms. The van der Waals surface area contributed by atoms with Crippen molar-refractivity contribution in [3.63, 3.8) is 0 Å². The summed E-state index contributed by atoms with van der Waals surface area (Å²) < 4.78 is 22.3. The van der Waals surface area contributed by atoms with Crippen LogP contribution in [0.1, 0.15) is 16.7 Å². The molecule has 5 nitrogen and oxygen atoms in total. The third-order valence-electron chi connectivity index (χ3n) is 5.74. The van der Waals surface area contributed by atoms with E-state index < -0.39 is 0 Å². The molecule has 0 aliphatic rings. The summed E-state index contributed by atoms with van der Waals surface area (Å²) in [5, 5.41) is 0. The third-order valence-corrected chi connectivity index (χ3v) is 5.74. The first kappa shape index (κ1) is 24.0. The average molecular weight is 470 g/mol. The van der Waals surface area contributed by atoms with Crippen molar-refractivity contribution in [2.75, 3.05) is 26.2 Å². The van der Waals surface area contributed by atoms with E-state index in [-0.39, 0.29) is 0 Å². The van der Waals surface area contributed by atoms with E-state index in [9.17, 15) is 0 Å². The van der Waals surface area contributed by atoms with Crippen LogP contribution in [0, 0.1) is 0 Å². The Bertz CT molecular complexity index is 1190. The largest absolute Gasteiger partial charge is 0.497 e. The van der Waals surface area contributed by atoms with Gasteiger partial charge < -0.3 is 23.8 Å². The lowest BCUT2D eigenvalue weighted by Gasteiger charge is -2.26. The van der Waals surface area contributed by atoms with Crippen molar-refractivity contribution in [1.82, 2.24) is 0 Å². The van der Waals surface area contributed by atoms with Crippen LogP contribution < -0.4 is 23.8 Å². The van der Waals surface area contributed by atoms with Gasteiger partial charge in [-0.3, -0.25) is 0 Å². The van der Waals surface area contributed by atoms with Gasteiger partial charge in [-0.15, -0.1) is 0 Å². The van der Waals surface area contributed by atoms with Gasteiger partial charge in [-0.05, 0) is 65.2 Å². The molecule has 0 saturated heterocycles. The molecule has 4 aromatic rings. The molecule has 0 saturated carbocycles. The second-order valence-corrected chi connectivity index (χ2v) is 8.20. The number of nitrogens with zero attached hydrogens (tertiary/aromatic N) is 1. The number of rotatable bonds is 11. The molecule has 0 bridgehead atoms. The van der Waals surface area contributed by atoms with Crippen LogP contribution in [0.2, 0.25) is 0 Å². The number of benzene rings is 4. The molecule has 4 aromatic carbocycles. The maximum atomic E-state index is 6.13. The summed E-state index contributed by atoms with van der Waals surface area (Å²) in [4.78, 5) is 2.32. The Morgan fingerprint density at radius 3 is 1.51 bits per heavy atom. The lowest BCUT2D eigenvalue weighted by atomic mass is 10.1. The highest BCUT2D eigenvalue weighted by atomic mass is 16.5. The molecule has 35 heavy (non-hydrogen) atoms. The predicted octanol–water partition coefficient (Wildman–Crippen LogP) is 6.50. The summed E-state index contributed by atoms with van der Waals surface area (Å²) in [5.41, 5.74) is 4.45. The van der Waals surface area contributed by atoms with Gasteiger partial charge in [0.25, 0.3) is 0 Å². The van der Waals surface area contributed by atoms with E-state index in [1.165, 1.54) is 0 Å². The summed E-state index contributed by atoms with van der Waals surface area (Å²) in [5.74, 6) is 3.33. The van der Waals surface area contributed by atoms with Gasteiger partial charge in [0, 0.05) is 24.8 Å². The molecule has 180 valence electrons. The van der Waals surface area contributed by atoms with E-state index in [4.69, 9.17) is 18.9 Å². The van der Waals surface area contributed by atoms with Crippen LogP contribution in [0.4, 0.5) is 5.69 Å². The molecule has 0 unspecified atom stereocenters. The predicted molar refractivity (Wildman–Crippen MR) is 140 cm³/mol. The molecule has 0 N–H and O–H groups in total. The van der Waals surface area contributed by atoms with Crippen molar-refractivity contribution in [3.8, 4) is 23.0 Å². The van der Waals surface area contributed by atoms with E-state index in [1.807, 2.05) is 60.7 Å². The highest BCUT2D eigenvalue weighted by molar-refractivity contribution is 5.52. The SMILES string of the molecule is COc1cccc(COc2cccc(N(Cc3cccc(OC)c3)Cc3cccc(OC)c3)c2)c1. The van der Waals surface area contributed by atoms with Gasteiger partial charge in [0.15, 0.2) is 0 Å². The molecular formula is C30H31NO4. The average Bonchev–Trinajstić information content (AvgIpc) is 2.92. The summed E-state index contributed by atoms with van der Waals surface area (Å²) in [6, 6.07) is 32.5. The zero-order valence-electron chi connectivity index (χ0n) is 20.4. The van der Waals surface area contributed by atoms with Crippen LogP contribution in [-0.4, -0.2) is 21.3 Å². The van der Waals surface area contributed by atoms with Gasteiger partial charge in [0.2, 0.25) is 0 Å². The lowest BCUT2D eigenvalue weighted by molar-refractivity contribution is 0.305. The Kier molecular flexibility index (Phi) is 8.12. The normalized spacial score (nSPS) is 10.5.